The summed E-state index contributed by atoms with van der Waals surface area (Å²) in [5, 5.41) is 3.39. The number of hydrogen-bond acceptors (Lipinski definition) is 2. The van der Waals surface area contributed by atoms with E-state index >= 15 is 0 Å². The molecule has 0 radical (unpaired) electrons. The third-order valence-electron chi connectivity index (χ3n) is 3.76. The number of hydrogen-bond donors (Lipinski definition) is 1. The smallest absolute Gasteiger partial charge is 0.0197 e. The fourth-order valence-electron chi connectivity index (χ4n) is 2.66. The number of benzene rings is 2. The first-order valence-corrected chi connectivity index (χ1v) is 8.29. The summed E-state index contributed by atoms with van der Waals surface area (Å²) in [7, 11) is 0. The van der Waals surface area contributed by atoms with Crippen LogP contribution in [0.2, 0.25) is 0 Å². The van der Waals surface area contributed by atoms with Crippen molar-refractivity contribution in [3.8, 4) is 0 Å². The lowest BCUT2D eigenvalue weighted by molar-refractivity contribution is 0.737. The zero-order valence-electron chi connectivity index (χ0n) is 12.6. The van der Waals surface area contributed by atoms with E-state index in [2.05, 4.69) is 67.7 Å². The number of aryl methyl sites for hydroxylation is 2. The maximum atomic E-state index is 3.39. The van der Waals surface area contributed by atoms with Crippen LogP contribution < -0.4 is 5.32 Å². The van der Waals surface area contributed by atoms with Crippen LogP contribution in [0.4, 0.5) is 0 Å². The van der Waals surface area contributed by atoms with Gasteiger partial charge in [-0.2, -0.15) is 0 Å². The molecular formula is C19H21NS. The second-order valence-electron chi connectivity index (χ2n) is 5.60. The van der Waals surface area contributed by atoms with Crippen LogP contribution >= 0.6 is 11.8 Å². The van der Waals surface area contributed by atoms with E-state index in [1.165, 1.54) is 32.1 Å². The summed E-state index contributed by atoms with van der Waals surface area (Å²) in [6.45, 7) is 6.38. The van der Waals surface area contributed by atoms with Gasteiger partial charge in [0.25, 0.3) is 0 Å². The van der Waals surface area contributed by atoms with Crippen LogP contribution in [-0.2, 0) is 0 Å². The molecule has 0 bridgehead atoms. The van der Waals surface area contributed by atoms with Gasteiger partial charge in [0.1, 0.15) is 0 Å². The van der Waals surface area contributed by atoms with E-state index in [9.17, 15) is 0 Å². The lowest BCUT2D eigenvalue weighted by Crippen LogP contribution is -2.20. The Kier molecular flexibility index (Phi) is 4.47. The van der Waals surface area contributed by atoms with Crippen molar-refractivity contribution < 1.29 is 0 Å². The van der Waals surface area contributed by atoms with Crippen molar-refractivity contribution in [2.24, 2.45) is 0 Å². The Morgan fingerprint density at radius 2 is 1.86 bits per heavy atom. The van der Waals surface area contributed by atoms with Gasteiger partial charge in [0.2, 0.25) is 0 Å². The van der Waals surface area contributed by atoms with Gasteiger partial charge < -0.3 is 5.32 Å². The second-order valence-corrected chi connectivity index (χ2v) is 6.72. The predicted molar refractivity (Wildman–Crippen MR) is 91.9 cm³/mol. The molecule has 1 aliphatic heterocycles. The monoisotopic (exact) mass is 295 g/mol. The molecule has 108 valence electrons. The van der Waals surface area contributed by atoms with Crippen LogP contribution in [0.25, 0.3) is 5.57 Å². The Hall–Kier alpha value is -1.51. The van der Waals surface area contributed by atoms with E-state index in [4.69, 9.17) is 0 Å². The van der Waals surface area contributed by atoms with Gasteiger partial charge in [0.05, 0.1) is 0 Å². The van der Waals surface area contributed by atoms with Crippen LogP contribution in [0, 0.1) is 13.8 Å². The average Bonchev–Trinajstić information content (AvgIpc) is 2.50. The predicted octanol–water partition coefficient (Wildman–Crippen LogP) is 4.83. The fraction of sp³-hybridized carbons (Fsp3) is 0.263. The SMILES string of the molecule is Cc1cccc(Sc2ccc(C)cc2C2=CCNCC2)c1. The quantitative estimate of drug-likeness (QED) is 0.870. The molecule has 0 aromatic heterocycles. The molecular weight excluding hydrogens is 274 g/mol. The Bertz CT molecular complexity index is 673. The van der Waals surface area contributed by atoms with E-state index in [0.29, 0.717) is 0 Å². The zero-order valence-corrected chi connectivity index (χ0v) is 13.5. The van der Waals surface area contributed by atoms with Crippen LogP contribution in [0.1, 0.15) is 23.1 Å². The lowest BCUT2D eigenvalue weighted by Gasteiger charge is -2.18. The molecule has 2 aromatic carbocycles. The summed E-state index contributed by atoms with van der Waals surface area (Å²) < 4.78 is 0. The molecule has 0 amide bonds. The van der Waals surface area contributed by atoms with Crippen LogP contribution in [0.3, 0.4) is 0 Å². The average molecular weight is 295 g/mol. The molecule has 0 atom stereocenters. The molecule has 0 fully saturated rings. The van der Waals surface area contributed by atoms with Crippen molar-refractivity contribution in [3.63, 3.8) is 0 Å². The van der Waals surface area contributed by atoms with Crippen molar-refractivity contribution >= 4 is 17.3 Å². The molecule has 21 heavy (non-hydrogen) atoms. The summed E-state index contributed by atoms with van der Waals surface area (Å²) in [5.74, 6) is 0. The molecule has 1 heterocycles. The van der Waals surface area contributed by atoms with E-state index in [0.717, 1.165) is 19.5 Å². The molecule has 1 aliphatic rings. The molecule has 0 spiro atoms. The van der Waals surface area contributed by atoms with Gasteiger partial charge in [-0.05, 0) is 56.1 Å². The molecule has 1 nitrogen and oxygen atoms in total. The molecule has 1 N–H and O–H groups in total. The van der Waals surface area contributed by atoms with Crippen molar-refractivity contribution in [2.45, 2.75) is 30.1 Å². The van der Waals surface area contributed by atoms with Gasteiger partial charge in [-0.25, -0.2) is 0 Å². The Labute approximate surface area is 131 Å². The molecule has 2 heteroatoms. The summed E-state index contributed by atoms with van der Waals surface area (Å²) in [6.07, 6.45) is 3.45. The first-order valence-electron chi connectivity index (χ1n) is 7.48. The first-order chi connectivity index (χ1) is 10.2. The maximum absolute atomic E-state index is 3.39. The standard InChI is InChI=1S/C19H21NS/c1-14-4-3-5-17(12-14)21-19-7-6-15(2)13-18(19)16-8-10-20-11-9-16/h3-8,12-13,20H,9-11H2,1-2H3. The molecule has 0 saturated carbocycles. The van der Waals surface area contributed by atoms with Crippen molar-refractivity contribution in [3.05, 3.63) is 65.2 Å². The minimum absolute atomic E-state index is 0.984. The normalized spacial score (nSPS) is 14.9. The Morgan fingerprint density at radius 3 is 2.62 bits per heavy atom. The summed E-state index contributed by atoms with van der Waals surface area (Å²) in [4.78, 5) is 2.67. The highest BCUT2D eigenvalue weighted by atomic mass is 32.2. The summed E-state index contributed by atoms with van der Waals surface area (Å²) in [6, 6.07) is 15.5. The van der Waals surface area contributed by atoms with Gasteiger partial charge in [-0.1, -0.05) is 53.2 Å². The largest absolute Gasteiger partial charge is 0.313 e. The maximum Gasteiger partial charge on any atom is 0.0197 e. The lowest BCUT2D eigenvalue weighted by atomic mass is 9.99. The van der Waals surface area contributed by atoms with Crippen molar-refractivity contribution in [2.75, 3.05) is 13.1 Å². The minimum Gasteiger partial charge on any atom is -0.313 e. The second kappa shape index (κ2) is 6.50. The zero-order chi connectivity index (χ0) is 14.7. The van der Waals surface area contributed by atoms with Gasteiger partial charge in [-0.3, -0.25) is 0 Å². The highest BCUT2D eigenvalue weighted by molar-refractivity contribution is 7.99. The molecule has 0 aliphatic carbocycles. The highest BCUT2D eigenvalue weighted by Crippen LogP contribution is 2.36. The van der Waals surface area contributed by atoms with E-state index in [1.54, 1.807) is 0 Å². The van der Waals surface area contributed by atoms with Crippen LogP contribution in [0.15, 0.2) is 58.3 Å². The summed E-state index contributed by atoms with van der Waals surface area (Å²) >= 11 is 1.87. The highest BCUT2D eigenvalue weighted by Gasteiger charge is 2.12. The molecule has 0 unspecified atom stereocenters. The van der Waals surface area contributed by atoms with Gasteiger partial charge >= 0.3 is 0 Å². The Morgan fingerprint density at radius 1 is 1.00 bits per heavy atom. The molecule has 3 rings (SSSR count). The number of rotatable bonds is 3. The first kappa shape index (κ1) is 14.4. The van der Waals surface area contributed by atoms with E-state index < -0.39 is 0 Å². The van der Waals surface area contributed by atoms with Gasteiger partial charge in [0, 0.05) is 16.3 Å². The van der Waals surface area contributed by atoms with Crippen LogP contribution in [0.5, 0.6) is 0 Å². The van der Waals surface area contributed by atoms with Gasteiger partial charge in [-0.15, -0.1) is 0 Å². The van der Waals surface area contributed by atoms with Crippen LogP contribution in [-0.4, -0.2) is 13.1 Å². The number of nitrogens with one attached hydrogen (secondary N) is 1. The van der Waals surface area contributed by atoms with E-state index in [1.807, 2.05) is 11.8 Å². The molecule has 2 aromatic rings. The Balaban J connectivity index is 1.96. The van der Waals surface area contributed by atoms with Gasteiger partial charge in [0.15, 0.2) is 0 Å². The molecule has 0 saturated heterocycles. The fourth-order valence-corrected chi connectivity index (χ4v) is 3.74. The third-order valence-corrected chi connectivity index (χ3v) is 4.83. The topological polar surface area (TPSA) is 12.0 Å². The van der Waals surface area contributed by atoms with E-state index in [-0.39, 0.29) is 0 Å². The van der Waals surface area contributed by atoms with Crippen molar-refractivity contribution in [1.29, 1.82) is 0 Å². The third kappa shape index (κ3) is 3.58. The van der Waals surface area contributed by atoms with Crippen molar-refractivity contribution in [1.82, 2.24) is 5.32 Å². The summed E-state index contributed by atoms with van der Waals surface area (Å²) in [5.41, 5.74) is 5.53. The minimum atomic E-state index is 0.984.